The lowest BCUT2D eigenvalue weighted by Gasteiger charge is -2.16. The van der Waals surface area contributed by atoms with Gasteiger partial charge in [-0.2, -0.15) is 0 Å². The molecule has 0 radical (unpaired) electrons. The van der Waals surface area contributed by atoms with Crippen molar-refractivity contribution in [2.24, 2.45) is 0 Å². The van der Waals surface area contributed by atoms with Gasteiger partial charge in [-0.25, -0.2) is 0 Å². The van der Waals surface area contributed by atoms with Crippen LogP contribution in [-0.4, -0.2) is 5.60 Å². The third-order valence-electron chi connectivity index (χ3n) is 2.54. The first-order valence-electron chi connectivity index (χ1n) is 7.91. The Kier molecular flexibility index (Phi) is 11.7. The molecule has 1 aliphatic rings. The summed E-state index contributed by atoms with van der Waals surface area (Å²) in [4.78, 5) is 0. The zero-order valence-corrected chi connectivity index (χ0v) is 14.6. The number of aryl methyl sites for hydroxylation is 1. The van der Waals surface area contributed by atoms with E-state index in [1.807, 2.05) is 41.5 Å². The molecule has 0 bridgehead atoms. The predicted molar refractivity (Wildman–Crippen MR) is 88.3 cm³/mol. The van der Waals surface area contributed by atoms with Crippen LogP contribution in [0.3, 0.4) is 0 Å². The molecule has 0 N–H and O–H groups in total. The highest BCUT2D eigenvalue weighted by atomic mass is 16.5. The van der Waals surface area contributed by atoms with E-state index >= 15 is 0 Å². The van der Waals surface area contributed by atoms with E-state index in [9.17, 15) is 0 Å². The van der Waals surface area contributed by atoms with Gasteiger partial charge in [-0.1, -0.05) is 60.6 Å². The number of hydrogen-bond acceptors (Lipinski definition) is 1. The quantitative estimate of drug-likeness (QED) is 0.602. The molecule has 1 heteroatoms. The van der Waals surface area contributed by atoms with Crippen LogP contribution < -0.4 is 4.74 Å². The van der Waals surface area contributed by atoms with Crippen molar-refractivity contribution in [3.8, 4) is 5.75 Å². The van der Waals surface area contributed by atoms with Crippen molar-refractivity contribution in [1.29, 1.82) is 0 Å². The summed E-state index contributed by atoms with van der Waals surface area (Å²) in [6.07, 6.45) is 2.14. The van der Waals surface area contributed by atoms with Gasteiger partial charge in [-0.15, -0.1) is 0 Å². The Hall–Kier alpha value is -0.980. The summed E-state index contributed by atoms with van der Waals surface area (Å²) in [6.45, 7) is 18.5. The standard InChI is InChI=1S/C12H16O.3C2H6/c1-4-9-5-6-11-10(7-9)8-12(2,3)13-11;3*1-2/h5-7H,4,8H2,1-3H3;3*1-2H3. The summed E-state index contributed by atoms with van der Waals surface area (Å²) in [5, 5.41) is 0. The molecule has 0 aliphatic carbocycles. The summed E-state index contributed by atoms with van der Waals surface area (Å²) >= 11 is 0. The van der Waals surface area contributed by atoms with E-state index in [0.717, 1.165) is 18.6 Å². The van der Waals surface area contributed by atoms with Crippen LogP contribution >= 0.6 is 0 Å². The fraction of sp³-hybridized carbons (Fsp3) is 0.667. The normalized spacial score (nSPS) is 13.3. The summed E-state index contributed by atoms with van der Waals surface area (Å²) in [7, 11) is 0. The first-order valence-corrected chi connectivity index (χ1v) is 7.91. The zero-order valence-electron chi connectivity index (χ0n) is 14.6. The van der Waals surface area contributed by atoms with Gasteiger partial charge in [0.1, 0.15) is 11.4 Å². The first-order chi connectivity index (χ1) is 9.11. The minimum atomic E-state index is -0.00526. The van der Waals surface area contributed by atoms with E-state index in [1.54, 1.807) is 0 Å². The molecule has 112 valence electrons. The van der Waals surface area contributed by atoms with Gasteiger partial charge in [0.05, 0.1) is 0 Å². The van der Waals surface area contributed by atoms with Crippen LogP contribution in [-0.2, 0) is 12.8 Å². The fourth-order valence-electron chi connectivity index (χ4n) is 1.88. The summed E-state index contributed by atoms with van der Waals surface area (Å²) in [5.41, 5.74) is 2.76. The fourth-order valence-corrected chi connectivity index (χ4v) is 1.88. The molecule has 0 saturated carbocycles. The van der Waals surface area contributed by atoms with E-state index in [1.165, 1.54) is 11.1 Å². The molecule has 1 nitrogen and oxygen atoms in total. The summed E-state index contributed by atoms with van der Waals surface area (Å²) < 4.78 is 5.79. The van der Waals surface area contributed by atoms with E-state index in [4.69, 9.17) is 4.74 Å². The number of hydrogen-bond donors (Lipinski definition) is 0. The van der Waals surface area contributed by atoms with Gasteiger partial charge in [0, 0.05) is 6.42 Å². The summed E-state index contributed by atoms with van der Waals surface area (Å²) in [6, 6.07) is 6.52. The molecule has 19 heavy (non-hydrogen) atoms. The van der Waals surface area contributed by atoms with Gasteiger partial charge in [0.2, 0.25) is 0 Å². The van der Waals surface area contributed by atoms with Crippen molar-refractivity contribution in [3.05, 3.63) is 29.3 Å². The van der Waals surface area contributed by atoms with Crippen molar-refractivity contribution >= 4 is 0 Å². The smallest absolute Gasteiger partial charge is 0.123 e. The van der Waals surface area contributed by atoms with E-state index in [2.05, 4.69) is 39.0 Å². The minimum absolute atomic E-state index is 0.00526. The van der Waals surface area contributed by atoms with Gasteiger partial charge < -0.3 is 4.74 Å². The van der Waals surface area contributed by atoms with Crippen LogP contribution in [0.4, 0.5) is 0 Å². The maximum Gasteiger partial charge on any atom is 0.123 e. The predicted octanol–water partition coefficient (Wildman–Crippen LogP) is 6.04. The Morgan fingerprint density at radius 3 is 2.00 bits per heavy atom. The van der Waals surface area contributed by atoms with Crippen LogP contribution in [0.15, 0.2) is 18.2 Å². The third-order valence-corrected chi connectivity index (χ3v) is 2.54. The van der Waals surface area contributed by atoms with Crippen LogP contribution in [0.2, 0.25) is 0 Å². The maximum atomic E-state index is 5.79. The Bertz CT molecular complexity index is 326. The van der Waals surface area contributed by atoms with Crippen molar-refractivity contribution in [2.45, 2.75) is 80.8 Å². The Morgan fingerprint density at radius 2 is 1.53 bits per heavy atom. The number of ether oxygens (including phenoxy) is 1. The van der Waals surface area contributed by atoms with Crippen LogP contribution in [0.25, 0.3) is 0 Å². The minimum Gasteiger partial charge on any atom is -0.487 e. The number of fused-ring (bicyclic) bond motifs is 1. The monoisotopic (exact) mass is 266 g/mol. The second-order valence-corrected chi connectivity index (χ2v) is 4.33. The second kappa shape index (κ2) is 10.9. The molecule has 0 aromatic heterocycles. The number of benzene rings is 1. The molecule has 1 aromatic carbocycles. The lowest BCUT2D eigenvalue weighted by atomic mass is 10.00. The van der Waals surface area contributed by atoms with Gasteiger partial charge in [-0.3, -0.25) is 0 Å². The molecule has 2 rings (SSSR count). The average Bonchev–Trinajstić information content (AvgIpc) is 2.78. The van der Waals surface area contributed by atoms with E-state index < -0.39 is 0 Å². The highest BCUT2D eigenvalue weighted by Crippen LogP contribution is 2.35. The van der Waals surface area contributed by atoms with Crippen molar-refractivity contribution in [3.63, 3.8) is 0 Å². The molecule has 0 atom stereocenters. The third kappa shape index (κ3) is 6.66. The first kappa shape index (κ1) is 20.3. The van der Waals surface area contributed by atoms with Crippen LogP contribution in [0, 0.1) is 0 Å². The maximum absolute atomic E-state index is 5.79. The van der Waals surface area contributed by atoms with Crippen LogP contribution in [0.5, 0.6) is 5.75 Å². The Morgan fingerprint density at radius 1 is 1.00 bits per heavy atom. The van der Waals surface area contributed by atoms with Crippen molar-refractivity contribution in [1.82, 2.24) is 0 Å². The molecule has 1 heterocycles. The van der Waals surface area contributed by atoms with Crippen LogP contribution in [0.1, 0.15) is 73.4 Å². The van der Waals surface area contributed by atoms with Gasteiger partial charge >= 0.3 is 0 Å². The highest BCUT2D eigenvalue weighted by molar-refractivity contribution is 5.41. The van der Waals surface area contributed by atoms with Crippen molar-refractivity contribution in [2.75, 3.05) is 0 Å². The van der Waals surface area contributed by atoms with E-state index in [0.29, 0.717) is 0 Å². The summed E-state index contributed by atoms with van der Waals surface area (Å²) in [5.74, 6) is 1.07. The molecule has 0 amide bonds. The molecule has 0 fully saturated rings. The van der Waals surface area contributed by atoms with Crippen molar-refractivity contribution < 1.29 is 4.74 Å². The largest absolute Gasteiger partial charge is 0.487 e. The van der Waals surface area contributed by atoms with Gasteiger partial charge in [-0.05, 0) is 37.5 Å². The molecular formula is C18H34O. The second-order valence-electron chi connectivity index (χ2n) is 4.33. The molecular weight excluding hydrogens is 232 g/mol. The number of rotatable bonds is 1. The lowest BCUT2D eigenvalue weighted by Crippen LogP contribution is -2.24. The molecule has 0 unspecified atom stereocenters. The molecule has 1 aromatic rings. The lowest BCUT2D eigenvalue weighted by molar-refractivity contribution is 0.138. The highest BCUT2D eigenvalue weighted by Gasteiger charge is 2.29. The zero-order chi connectivity index (χ0) is 15.5. The van der Waals surface area contributed by atoms with Gasteiger partial charge in [0.25, 0.3) is 0 Å². The Labute approximate surface area is 121 Å². The molecule has 0 spiro atoms. The molecule has 1 aliphatic heterocycles. The topological polar surface area (TPSA) is 9.23 Å². The average molecular weight is 266 g/mol. The SMILES string of the molecule is CC.CC.CC.CCc1ccc2c(c1)CC(C)(C)O2. The molecule has 0 saturated heterocycles. The Balaban J connectivity index is 0. The van der Waals surface area contributed by atoms with Gasteiger partial charge in [0.15, 0.2) is 0 Å². The van der Waals surface area contributed by atoms with E-state index in [-0.39, 0.29) is 5.60 Å².